The van der Waals surface area contributed by atoms with Gasteiger partial charge in [-0.05, 0) is 0 Å². The van der Waals surface area contributed by atoms with Crippen LogP contribution in [0.3, 0.4) is 0 Å². The van der Waals surface area contributed by atoms with Crippen molar-refractivity contribution in [3.05, 3.63) is 0 Å². The monoisotopic (exact) mass is 610 g/mol. The molecule has 0 fully saturated rings. The fraction of sp³-hybridized carbons (Fsp3) is 0. The van der Waals surface area contributed by atoms with Gasteiger partial charge in [-0.15, -0.1) is 0 Å². The molecule has 46 valence electrons. The first-order valence-electron chi connectivity index (χ1n) is 0. The minimum atomic E-state index is 0. The SMILES string of the molecule is [Co].[Co].[Pt].[Pt].[Ru]. The van der Waals surface area contributed by atoms with E-state index >= 15 is 0 Å². The second kappa shape index (κ2) is 27.9. The van der Waals surface area contributed by atoms with Crippen molar-refractivity contribution in [2.75, 3.05) is 0 Å². The van der Waals surface area contributed by atoms with E-state index in [9.17, 15) is 0 Å². The summed E-state index contributed by atoms with van der Waals surface area (Å²) in [6, 6.07) is 0. The van der Waals surface area contributed by atoms with Crippen LogP contribution >= 0.6 is 0 Å². The molecule has 0 N–H and O–H groups in total. The molecule has 0 rings (SSSR count). The summed E-state index contributed by atoms with van der Waals surface area (Å²) in [7, 11) is 0. The molecular weight excluding hydrogens is 609 g/mol. The molecule has 0 aromatic rings. The average molecular weight is 609 g/mol. The van der Waals surface area contributed by atoms with Gasteiger partial charge in [0.1, 0.15) is 0 Å². The van der Waals surface area contributed by atoms with Gasteiger partial charge in [-0.1, -0.05) is 0 Å². The van der Waals surface area contributed by atoms with Crippen molar-refractivity contribution >= 4 is 0 Å². The van der Waals surface area contributed by atoms with Gasteiger partial charge in [0, 0.05) is 95.2 Å². The Morgan fingerprint density at radius 2 is 0.600 bits per heavy atom. The zero-order valence-corrected chi connectivity index (χ0v) is 10.0. The predicted molar refractivity (Wildman–Crippen MR) is 0 cm³/mol. The number of rotatable bonds is 0. The Balaban J connectivity index is 0. The Morgan fingerprint density at radius 3 is 0.600 bits per heavy atom. The maximum Gasteiger partial charge on any atom is 0 e. The minimum absolute atomic E-state index is 0. The number of hydrogen-bond donors (Lipinski definition) is 0. The molecule has 5 heteroatoms. The summed E-state index contributed by atoms with van der Waals surface area (Å²) in [5.41, 5.74) is 0. The molecule has 0 saturated carbocycles. The molecule has 0 aliphatic carbocycles. The molecule has 0 atom stereocenters. The Hall–Kier alpha value is 3.01. The molecule has 0 saturated heterocycles. The largest absolute Gasteiger partial charge is 0 e. The van der Waals surface area contributed by atoms with Crippen LogP contribution in [0.5, 0.6) is 0 Å². The smallest absolute Gasteiger partial charge is 0 e. The molecule has 5 heavy (non-hydrogen) atoms. The molecule has 0 unspecified atom stereocenters. The summed E-state index contributed by atoms with van der Waals surface area (Å²) in [6.45, 7) is 0. The topological polar surface area (TPSA) is 0 Å². The van der Waals surface area contributed by atoms with Gasteiger partial charge in [-0.2, -0.15) is 0 Å². The Bertz CT molecular complexity index is 7.61. The summed E-state index contributed by atoms with van der Waals surface area (Å²) in [4.78, 5) is 0. The molecule has 0 amide bonds. The van der Waals surface area contributed by atoms with Crippen LogP contribution in [-0.2, 0) is 95.2 Å². The van der Waals surface area contributed by atoms with Crippen LogP contribution < -0.4 is 0 Å². The van der Waals surface area contributed by atoms with E-state index in [2.05, 4.69) is 0 Å². The van der Waals surface area contributed by atoms with Crippen LogP contribution in [0.4, 0.5) is 0 Å². The van der Waals surface area contributed by atoms with Gasteiger partial charge in [0.25, 0.3) is 0 Å². The van der Waals surface area contributed by atoms with Crippen LogP contribution in [0.1, 0.15) is 0 Å². The first-order valence-corrected chi connectivity index (χ1v) is 0. The minimum Gasteiger partial charge on any atom is 0 e. The van der Waals surface area contributed by atoms with Crippen molar-refractivity contribution in [3.8, 4) is 0 Å². The molecule has 0 heterocycles. The van der Waals surface area contributed by atoms with Crippen molar-refractivity contribution in [1.82, 2.24) is 0 Å². The quantitative estimate of drug-likeness (QED) is 0.340. The van der Waals surface area contributed by atoms with E-state index in [1.165, 1.54) is 0 Å². The van der Waals surface area contributed by atoms with E-state index in [-0.39, 0.29) is 95.2 Å². The van der Waals surface area contributed by atoms with Crippen molar-refractivity contribution in [2.24, 2.45) is 0 Å². The summed E-state index contributed by atoms with van der Waals surface area (Å²) in [5.74, 6) is 0. The fourth-order valence-electron chi connectivity index (χ4n) is 0. The maximum absolute atomic E-state index is 0. The third-order valence-electron chi connectivity index (χ3n) is 0. The summed E-state index contributed by atoms with van der Waals surface area (Å²) in [6.07, 6.45) is 0. The summed E-state index contributed by atoms with van der Waals surface area (Å²) >= 11 is 0. The van der Waals surface area contributed by atoms with E-state index in [1.54, 1.807) is 0 Å². The van der Waals surface area contributed by atoms with Crippen molar-refractivity contribution < 1.29 is 95.2 Å². The Kier molecular flexibility index (Phi) is 243. The van der Waals surface area contributed by atoms with E-state index in [1.807, 2.05) is 0 Å². The molecular formula is Co2Pt2Ru. The molecule has 0 aromatic carbocycles. The second-order valence-corrected chi connectivity index (χ2v) is 0. The van der Waals surface area contributed by atoms with Crippen LogP contribution in [-0.4, -0.2) is 0 Å². The molecule has 0 aromatic heterocycles. The third kappa shape index (κ3) is 19.4. The average Bonchev–Trinajstić information content (AvgIpc) is 0. The third-order valence-corrected chi connectivity index (χ3v) is 0. The van der Waals surface area contributed by atoms with E-state index in [4.69, 9.17) is 0 Å². The van der Waals surface area contributed by atoms with Crippen LogP contribution in [0.25, 0.3) is 0 Å². The van der Waals surface area contributed by atoms with Crippen LogP contribution in [0.2, 0.25) is 0 Å². The van der Waals surface area contributed by atoms with Crippen LogP contribution in [0, 0.1) is 0 Å². The maximum atomic E-state index is 0. The molecule has 0 nitrogen and oxygen atoms in total. The van der Waals surface area contributed by atoms with Gasteiger partial charge in [-0.25, -0.2) is 0 Å². The van der Waals surface area contributed by atoms with Crippen molar-refractivity contribution in [2.45, 2.75) is 0 Å². The summed E-state index contributed by atoms with van der Waals surface area (Å²) in [5, 5.41) is 0. The van der Waals surface area contributed by atoms with Gasteiger partial charge < -0.3 is 0 Å². The van der Waals surface area contributed by atoms with Crippen LogP contribution in [0.15, 0.2) is 0 Å². The van der Waals surface area contributed by atoms with Gasteiger partial charge in [0.2, 0.25) is 0 Å². The summed E-state index contributed by atoms with van der Waals surface area (Å²) < 4.78 is 0. The standard InChI is InChI=1S/2Co.2Pt.Ru. The Labute approximate surface area is 93.7 Å². The number of hydrogen-bond acceptors (Lipinski definition) is 0. The predicted octanol–water partition coefficient (Wildman–Crippen LogP) is -0.0125. The zero-order chi connectivity index (χ0) is 0. The molecule has 2 radical (unpaired) electrons. The van der Waals surface area contributed by atoms with Gasteiger partial charge in [-0.3, -0.25) is 0 Å². The van der Waals surface area contributed by atoms with Gasteiger partial charge >= 0.3 is 0 Å². The molecule has 0 bridgehead atoms. The Morgan fingerprint density at radius 1 is 0.600 bits per heavy atom. The van der Waals surface area contributed by atoms with Crippen molar-refractivity contribution in [1.29, 1.82) is 0 Å². The molecule has 0 spiro atoms. The second-order valence-electron chi connectivity index (χ2n) is 0. The van der Waals surface area contributed by atoms with Gasteiger partial charge in [0.05, 0.1) is 0 Å². The normalized spacial score (nSPS) is 0. The fourth-order valence-corrected chi connectivity index (χ4v) is 0. The molecule has 0 aliphatic rings. The van der Waals surface area contributed by atoms with E-state index in [0.29, 0.717) is 0 Å². The van der Waals surface area contributed by atoms with E-state index < -0.39 is 0 Å². The van der Waals surface area contributed by atoms with Gasteiger partial charge in [0.15, 0.2) is 0 Å². The first kappa shape index (κ1) is 43.4. The van der Waals surface area contributed by atoms with E-state index in [0.717, 1.165) is 0 Å². The zero-order valence-electron chi connectivity index (χ0n) is 1.65. The van der Waals surface area contributed by atoms with Crippen molar-refractivity contribution in [3.63, 3.8) is 0 Å². The first-order chi connectivity index (χ1) is 0. The molecule has 0 aliphatic heterocycles.